The van der Waals surface area contributed by atoms with E-state index in [2.05, 4.69) is 23.8 Å². The predicted octanol–water partition coefficient (Wildman–Crippen LogP) is 4.14. The van der Waals surface area contributed by atoms with Crippen molar-refractivity contribution in [3.63, 3.8) is 0 Å². The van der Waals surface area contributed by atoms with Crippen LogP contribution in [-0.2, 0) is 12.8 Å². The van der Waals surface area contributed by atoms with Crippen LogP contribution in [0.4, 0.5) is 0 Å². The maximum absolute atomic E-state index is 7.57. The van der Waals surface area contributed by atoms with Crippen LogP contribution in [0.2, 0.25) is 0 Å². The quantitative estimate of drug-likeness (QED) is 0.899. The Morgan fingerprint density at radius 2 is 2.05 bits per heavy atom. The maximum atomic E-state index is 7.57. The number of aryl methyl sites for hydroxylation is 2. The lowest BCUT2D eigenvalue weighted by molar-refractivity contribution is 0.180. The zero-order valence-corrected chi connectivity index (χ0v) is 14.6. The minimum absolute atomic E-state index is 0.250. The Hall–Kier alpha value is -1.20. The number of aromatic nitrogens is 2. The molecule has 2 heterocycles. The van der Waals surface area contributed by atoms with Gasteiger partial charge in [0.2, 0.25) is 5.88 Å². The molecule has 2 aromatic rings. The standard InChI is InChI=1S/C15H20N2OS.C2H6O/c1-3-6-10(4-2)18-14-13-11-7-5-8-12(11)19-15(13)17-9-16-14;1-2-3/h9-10H,3-8H2,1-2H3;3H,2H2,1H3/t10-;/m1./s1. The van der Waals surface area contributed by atoms with Crippen LogP contribution in [0.3, 0.4) is 0 Å². The summed E-state index contributed by atoms with van der Waals surface area (Å²) >= 11 is 1.82. The van der Waals surface area contributed by atoms with E-state index >= 15 is 0 Å². The molecule has 1 N–H and O–H groups in total. The molecular formula is C17H26N2O2S. The van der Waals surface area contributed by atoms with Gasteiger partial charge in [-0.25, -0.2) is 9.97 Å². The van der Waals surface area contributed by atoms with E-state index < -0.39 is 0 Å². The van der Waals surface area contributed by atoms with Gasteiger partial charge in [0.1, 0.15) is 17.3 Å². The molecule has 1 atom stereocenters. The van der Waals surface area contributed by atoms with Crippen LogP contribution in [0.1, 0.15) is 56.9 Å². The monoisotopic (exact) mass is 322 g/mol. The highest BCUT2D eigenvalue weighted by Crippen LogP contribution is 2.40. The van der Waals surface area contributed by atoms with Gasteiger partial charge < -0.3 is 9.84 Å². The second-order valence-electron chi connectivity index (χ2n) is 5.47. The molecule has 1 aliphatic rings. The molecule has 0 saturated carbocycles. The Labute approximate surface area is 136 Å². The highest BCUT2D eigenvalue weighted by Gasteiger charge is 2.22. The Balaban J connectivity index is 0.000000545. The largest absolute Gasteiger partial charge is 0.474 e. The molecule has 0 bridgehead atoms. The number of thiophene rings is 1. The van der Waals surface area contributed by atoms with E-state index in [9.17, 15) is 0 Å². The lowest BCUT2D eigenvalue weighted by Crippen LogP contribution is -2.15. The van der Waals surface area contributed by atoms with Crippen LogP contribution >= 0.6 is 11.3 Å². The van der Waals surface area contributed by atoms with Gasteiger partial charge in [-0.1, -0.05) is 20.3 Å². The molecule has 0 saturated heterocycles. The Morgan fingerprint density at radius 3 is 2.73 bits per heavy atom. The second kappa shape index (κ2) is 8.44. The van der Waals surface area contributed by atoms with E-state index in [0.29, 0.717) is 0 Å². The smallest absolute Gasteiger partial charge is 0.225 e. The zero-order valence-electron chi connectivity index (χ0n) is 13.8. The van der Waals surface area contributed by atoms with Crippen molar-refractivity contribution in [1.82, 2.24) is 9.97 Å². The fourth-order valence-corrected chi connectivity index (χ4v) is 4.03. The number of rotatable bonds is 5. The number of hydrogen-bond donors (Lipinski definition) is 1. The molecule has 5 heteroatoms. The fraction of sp³-hybridized carbons (Fsp3) is 0.647. The van der Waals surface area contributed by atoms with Crippen molar-refractivity contribution >= 4 is 21.6 Å². The number of ether oxygens (including phenoxy) is 1. The average molecular weight is 322 g/mol. The van der Waals surface area contributed by atoms with E-state index in [-0.39, 0.29) is 12.7 Å². The first-order valence-electron chi connectivity index (χ1n) is 8.27. The molecule has 2 aromatic heterocycles. The summed E-state index contributed by atoms with van der Waals surface area (Å²) in [5.41, 5.74) is 1.45. The second-order valence-corrected chi connectivity index (χ2v) is 6.55. The van der Waals surface area contributed by atoms with Gasteiger partial charge in [0, 0.05) is 11.5 Å². The molecule has 3 rings (SSSR count). The number of aliphatic hydroxyl groups is 1. The van der Waals surface area contributed by atoms with E-state index in [4.69, 9.17) is 9.84 Å². The SMILES string of the molecule is CCC[C@@H](CC)Oc1ncnc2sc3c(c12)CCC3.CCO. The first kappa shape index (κ1) is 17.2. The summed E-state index contributed by atoms with van der Waals surface area (Å²) in [5, 5.41) is 8.76. The Bertz CT molecular complexity index is 598. The topological polar surface area (TPSA) is 55.2 Å². The van der Waals surface area contributed by atoms with E-state index in [0.717, 1.165) is 36.4 Å². The molecule has 0 aliphatic heterocycles. The number of hydrogen-bond acceptors (Lipinski definition) is 5. The first-order chi connectivity index (χ1) is 10.7. The molecule has 22 heavy (non-hydrogen) atoms. The highest BCUT2D eigenvalue weighted by atomic mass is 32.1. The lowest BCUT2D eigenvalue weighted by Gasteiger charge is -2.16. The fourth-order valence-electron chi connectivity index (χ4n) is 2.82. The van der Waals surface area contributed by atoms with Crippen molar-refractivity contribution in [2.45, 2.75) is 65.4 Å². The van der Waals surface area contributed by atoms with Crippen molar-refractivity contribution < 1.29 is 9.84 Å². The number of nitrogens with zero attached hydrogens (tertiary/aromatic N) is 2. The van der Waals surface area contributed by atoms with Crippen molar-refractivity contribution in [2.24, 2.45) is 0 Å². The van der Waals surface area contributed by atoms with Gasteiger partial charge in [0.25, 0.3) is 0 Å². The molecule has 0 aromatic carbocycles. The summed E-state index contributed by atoms with van der Waals surface area (Å²) in [6, 6.07) is 0. The van der Waals surface area contributed by atoms with Crippen LogP contribution in [0, 0.1) is 0 Å². The molecule has 4 nitrogen and oxygen atoms in total. The Kier molecular flexibility index (Phi) is 6.58. The normalized spacial score (nSPS) is 14.4. The van der Waals surface area contributed by atoms with Gasteiger partial charge >= 0.3 is 0 Å². The molecule has 122 valence electrons. The summed E-state index contributed by atoms with van der Waals surface area (Å²) in [6.45, 7) is 6.31. The van der Waals surface area contributed by atoms with Crippen LogP contribution in [0.25, 0.3) is 10.2 Å². The summed E-state index contributed by atoms with van der Waals surface area (Å²) in [7, 11) is 0. The van der Waals surface area contributed by atoms with Gasteiger partial charge in [-0.2, -0.15) is 0 Å². The lowest BCUT2D eigenvalue weighted by atomic mass is 10.1. The van der Waals surface area contributed by atoms with Gasteiger partial charge in [-0.05, 0) is 44.6 Å². The van der Waals surface area contributed by atoms with Gasteiger partial charge in [-0.3, -0.25) is 0 Å². The average Bonchev–Trinajstić information content (AvgIpc) is 3.08. The van der Waals surface area contributed by atoms with Gasteiger partial charge in [0.05, 0.1) is 5.39 Å². The molecule has 1 aliphatic carbocycles. The predicted molar refractivity (Wildman–Crippen MR) is 91.8 cm³/mol. The molecular weight excluding hydrogens is 296 g/mol. The van der Waals surface area contributed by atoms with Crippen LogP contribution in [0.15, 0.2) is 6.33 Å². The Morgan fingerprint density at radius 1 is 1.27 bits per heavy atom. The summed E-state index contributed by atoms with van der Waals surface area (Å²) in [5.74, 6) is 0.810. The van der Waals surface area contributed by atoms with Crippen molar-refractivity contribution in [3.05, 3.63) is 16.8 Å². The molecule has 0 amide bonds. The summed E-state index contributed by atoms with van der Waals surface area (Å²) < 4.78 is 6.16. The minimum Gasteiger partial charge on any atom is -0.474 e. The number of aliphatic hydroxyl groups excluding tert-OH is 1. The van der Waals surface area contributed by atoms with E-state index in [1.807, 2.05) is 11.3 Å². The molecule has 0 unspecified atom stereocenters. The highest BCUT2D eigenvalue weighted by molar-refractivity contribution is 7.18. The molecule has 0 radical (unpaired) electrons. The molecule has 0 fully saturated rings. The maximum Gasteiger partial charge on any atom is 0.225 e. The third-order valence-corrected chi connectivity index (χ3v) is 5.01. The van der Waals surface area contributed by atoms with Crippen molar-refractivity contribution in [1.29, 1.82) is 0 Å². The van der Waals surface area contributed by atoms with Crippen LogP contribution in [-0.4, -0.2) is 27.8 Å². The molecule has 0 spiro atoms. The van der Waals surface area contributed by atoms with Gasteiger partial charge in [-0.15, -0.1) is 11.3 Å². The van der Waals surface area contributed by atoms with Crippen molar-refractivity contribution in [2.75, 3.05) is 6.61 Å². The first-order valence-corrected chi connectivity index (χ1v) is 9.09. The zero-order chi connectivity index (χ0) is 15.9. The third kappa shape index (κ3) is 3.76. The van der Waals surface area contributed by atoms with Gasteiger partial charge in [0.15, 0.2) is 0 Å². The van der Waals surface area contributed by atoms with Crippen molar-refractivity contribution in [3.8, 4) is 5.88 Å². The summed E-state index contributed by atoms with van der Waals surface area (Å²) in [6.07, 6.45) is 8.81. The minimum atomic E-state index is 0.250. The third-order valence-electron chi connectivity index (χ3n) is 3.81. The summed E-state index contributed by atoms with van der Waals surface area (Å²) in [4.78, 5) is 11.4. The number of fused-ring (bicyclic) bond motifs is 3. The van der Waals surface area contributed by atoms with Crippen LogP contribution in [0.5, 0.6) is 5.88 Å². The van der Waals surface area contributed by atoms with E-state index in [1.165, 1.54) is 28.7 Å². The van der Waals surface area contributed by atoms with Crippen LogP contribution < -0.4 is 4.74 Å². The van der Waals surface area contributed by atoms with E-state index in [1.54, 1.807) is 13.3 Å².